The summed E-state index contributed by atoms with van der Waals surface area (Å²) in [6.07, 6.45) is 4.06. The van der Waals surface area contributed by atoms with E-state index in [9.17, 15) is 9.90 Å². The number of aromatic hydroxyl groups is 1. The van der Waals surface area contributed by atoms with Crippen LogP contribution in [0.1, 0.15) is 42.0 Å². The van der Waals surface area contributed by atoms with E-state index in [1.54, 1.807) is 16.8 Å². The number of aryl methyl sites for hydroxylation is 1. The molecule has 0 bridgehead atoms. The van der Waals surface area contributed by atoms with Crippen LogP contribution in [-0.2, 0) is 4.79 Å². The highest BCUT2D eigenvalue weighted by molar-refractivity contribution is 5.88. The van der Waals surface area contributed by atoms with Crippen molar-refractivity contribution in [2.45, 2.75) is 32.2 Å². The summed E-state index contributed by atoms with van der Waals surface area (Å²) in [7, 11) is 0. The van der Waals surface area contributed by atoms with Gasteiger partial charge < -0.3 is 15.2 Å². The van der Waals surface area contributed by atoms with Crippen LogP contribution < -0.4 is 10.1 Å². The predicted octanol–water partition coefficient (Wildman–Crippen LogP) is 3.96. The van der Waals surface area contributed by atoms with Crippen LogP contribution in [0.2, 0.25) is 0 Å². The Morgan fingerprint density at radius 3 is 2.74 bits per heavy atom. The highest BCUT2D eigenvalue weighted by atomic mass is 16.5. The fraction of sp³-hybridized carbons (Fsp3) is 0.292. The number of anilines is 1. The number of phenols is 1. The molecule has 1 aliphatic heterocycles. The average Bonchev–Trinajstić information content (AvgIpc) is 3.22. The first kappa shape index (κ1) is 19.4. The van der Waals surface area contributed by atoms with Gasteiger partial charge in [0.1, 0.15) is 12.1 Å². The molecule has 158 valence electrons. The molecule has 7 nitrogen and oxygen atoms in total. The third-order valence-corrected chi connectivity index (χ3v) is 6.02. The van der Waals surface area contributed by atoms with Crippen molar-refractivity contribution in [3.63, 3.8) is 0 Å². The molecular formula is C24H24N4O3. The minimum atomic E-state index is -0.407. The van der Waals surface area contributed by atoms with Gasteiger partial charge in [0.15, 0.2) is 11.5 Å². The molecule has 2 aliphatic rings. The number of nitrogens with one attached hydrogen (secondary N) is 1. The molecule has 0 spiro atoms. The van der Waals surface area contributed by atoms with E-state index in [1.165, 1.54) is 11.9 Å². The second-order valence-electron chi connectivity index (χ2n) is 8.05. The molecule has 0 fully saturated rings. The van der Waals surface area contributed by atoms with E-state index in [2.05, 4.69) is 52.7 Å². The lowest BCUT2D eigenvalue weighted by Crippen LogP contribution is -2.40. The van der Waals surface area contributed by atoms with Crippen LogP contribution in [0.4, 0.5) is 5.95 Å². The van der Waals surface area contributed by atoms with Crippen molar-refractivity contribution in [3.8, 4) is 11.5 Å². The van der Waals surface area contributed by atoms with Crippen molar-refractivity contribution in [3.05, 3.63) is 77.3 Å². The predicted molar refractivity (Wildman–Crippen MR) is 116 cm³/mol. The number of aromatic nitrogens is 3. The lowest BCUT2D eigenvalue weighted by atomic mass is 9.75. The van der Waals surface area contributed by atoms with Crippen molar-refractivity contribution in [1.29, 1.82) is 0 Å². The quantitative estimate of drug-likeness (QED) is 0.669. The largest absolute Gasteiger partial charge is 0.504 e. The first-order valence-corrected chi connectivity index (χ1v) is 10.5. The molecule has 31 heavy (non-hydrogen) atoms. The van der Waals surface area contributed by atoms with E-state index in [4.69, 9.17) is 4.74 Å². The van der Waals surface area contributed by atoms with E-state index in [0.29, 0.717) is 24.7 Å². The number of phenolic OH excluding ortho intramolecular Hbond substituents is 1. The number of carbonyl (C=O) groups is 1. The first-order chi connectivity index (χ1) is 15.0. The molecule has 7 heteroatoms. The van der Waals surface area contributed by atoms with Gasteiger partial charge >= 0.3 is 0 Å². The number of rotatable bonds is 4. The third-order valence-electron chi connectivity index (χ3n) is 6.02. The van der Waals surface area contributed by atoms with E-state index in [-0.39, 0.29) is 23.5 Å². The third kappa shape index (κ3) is 3.36. The number of hydrogen-bond donors (Lipinski definition) is 2. The summed E-state index contributed by atoms with van der Waals surface area (Å²) in [5, 5.41) is 17.8. The van der Waals surface area contributed by atoms with E-state index in [0.717, 1.165) is 16.8 Å². The van der Waals surface area contributed by atoms with Crippen LogP contribution in [0.25, 0.3) is 0 Å². The zero-order valence-corrected chi connectivity index (χ0v) is 17.4. The molecule has 0 amide bonds. The van der Waals surface area contributed by atoms with Crippen molar-refractivity contribution in [1.82, 2.24) is 14.8 Å². The van der Waals surface area contributed by atoms with Crippen molar-refractivity contribution in [2.24, 2.45) is 5.92 Å². The van der Waals surface area contributed by atoms with E-state index < -0.39 is 5.92 Å². The second-order valence-corrected chi connectivity index (χ2v) is 8.05. The number of ketones is 1. The van der Waals surface area contributed by atoms with Crippen LogP contribution >= 0.6 is 0 Å². The number of Topliss-reactive ketones (excluding diaryl/α,β-unsaturated/α-hetero) is 1. The number of nitrogens with zero attached hydrogens (tertiary/aromatic N) is 3. The number of ether oxygens (including phenoxy) is 1. The number of carbonyl (C=O) groups excluding carboxylic acids is 1. The van der Waals surface area contributed by atoms with Crippen molar-refractivity contribution >= 4 is 11.7 Å². The summed E-state index contributed by atoms with van der Waals surface area (Å²) in [5.74, 6) is 0.814. The van der Waals surface area contributed by atoms with Gasteiger partial charge in [0.2, 0.25) is 5.95 Å². The highest BCUT2D eigenvalue weighted by Gasteiger charge is 2.43. The summed E-state index contributed by atoms with van der Waals surface area (Å²) in [6.45, 7) is 4.35. The molecule has 1 aromatic heterocycles. The normalized spacial score (nSPS) is 22.2. The number of allylic oxidation sites excluding steroid dienone is 2. The minimum Gasteiger partial charge on any atom is -0.504 e. The summed E-state index contributed by atoms with van der Waals surface area (Å²) >= 11 is 0. The van der Waals surface area contributed by atoms with E-state index >= 15 is 0 Å². The summed E-state index contributed by atoms with van der Waals surface area (Å²) in [6, 6.07) is 13.2. The molecule has 1 aliphatic carbocycles. The van der Waals surface area contributed by atoms with Gasteiger partial charge in [0.25, 0.3) is 0 Å². The Balaban J connectivity index is 1.59. The summed E-state index contributed by atoms with van der Waals surface area (Å²) < 4.78 is 7.32. The van der Waals surface area contributed by atoms with Crippen LogP contribution in [-0.4, -0.2) is 32.3 Å². The fourth-order valence-electron chi connectivity index (χ4n) is 4.52. The van der Waals surface area contributed by atoms with Crippen molar-refractivity contribution in [2.75, 3.05) is 11.9 Å². The number of fused-ring (bicyclic) bond motifs is 2. The molecule has 0 saturated carbocycles. The van der Waals surface area contributed by atoms with Gasteiger partial charge in [-0.25, -0.2) is 4.68 Å². The standard InChI is InChI=1S/C24H24N4O3/c1-3-31-21-12-16(8-9-19(21)29)23-22-18(27-24-25-13-26-28(23)24)10-17(11-20(22)30)15-6-4-14(2)5-7-15/h4-10,12-13,17,22-23,29H,3,11H2,1-2H3,(H,25,26,27)/t17-,22+,23+/m1/s1. The monoisotopic (exact) mass is 416 g/mol. The highest BCUT2D eigenvalue weighted by Crippen LogP contribution is 2.45. The maximum absolute atomic E-state index is 13.4. The molecule has 0 radical (unpaired) electrons. The average molecular weight is 416 g/mol. The van der Waals surface area contributed by atoms with Gasteiger partial charge in [-0.15, -0.1) is 0 Å². The Labute approximate surface area is 180 Å². The molecule has 2 N–H and O–H groups in total. The Morgan fingerprint density at radius 1 is 1.19 bits per heavy atom. The molecular weight excluding hydrogens is 392 g/mol. The Morgan fingerprint density at radius 2 is 1.97 bits per heavy atom. The SMILES string of the molecule is CCOc1cc([C@H]2[C@@H]3C(=O)C[C@H](c4ccc(C)cc4)C=C3Nc3ncnn32)ccc1O. The van der Waals surface area contributed by atoms with Crippen molar-refractivity contribution < 1.29 is 14.6 Å². The molecule has 0 saturated heterocycles. The van der Waals surface area contributed by atoms with Gasteiger partial charge in [-0.2, -0.15) is 10.1 Å². The van der Waals surface area contributed by atoms with Gasteiger partial charge in [-0.05, 0) is 37.1 Å². The second kappa shape index (κ2) is 7.58. The Hall–Kier alpha value is -3.61. The summed E-state index contributed by atoms with van der Waals surface area (Å²) in [5.41, 5.74) is 4.00. The number of hydrogen-bond acceptors (Lipinski definition) is 6. The smallest absolute Gasteiger partial charge is 0.226 e. The number of benzene rings is 2. The fourth-order valence-corrected chi connectivity index (χ4v) is 4.52. The van der Waals surface area contributed by atoms with Gasteiger partial charge in [0, 0.05) is 18.0 Å². The Bertz CT molecular complexity index is 1170. The maximum Gasteiger partial charge on any atom is 0.226 e. The van der Waals surface area contributed by atoms with Crippen LogP contribution in [0.5, 0.6) is 11.5 Å². The Kier molecular flexibility index (Phi) is 4.73. The van der Waals surface area contributed by atoms with Gasteiger partial charge in [-0.3, -0.25) is 4.79 Å². The lowest BCUT2D eigenvalue weighted by molar-refractivity contribution is -0.123. The molecule has 2 aromatic carbocycles. The zero-order valence-electron chi connectivity index (χ0n) is 17.4. The van der Waals surface area contributed by atoms with E-state index in [1.807, 2.05) is 13.0 Å². The van der Waals surface area contributed by atoms with Crippen LogP contribution in [0, 0.1) is 12.8 Å². The molecule has 3 atom stereocenters. The van der Waals surface area contributed by atoms with Crippen LogP contribution in [0.3, 0.4) is 0 Å². The lowest BCUT2D eigenvalue weighted by Gasteiger charge is -2.38. The minimum absolute atomic E-state index is 0.0146. The summed E-state index contributed by atoms with van der Waals surface area (Å²) in [4.78, 5) is 17.8. The molecule has 3 aromatic rings. The molecule has 2 heterocycles. The van der Waals surface area contributed by atoms with Gasteiger partial charge in [-0.1, -0.05) is 42.0 Å². The topological polar surface area (TPSA) is 89.3 Å². The molecule has 0 unspecified atom stereocenters. The molecule has 5 rings (SSSR count). The maximum atomic E-state index is 13.4. The van der Waals surface area contributed by atoms with Gasteiger partial charge in [0.05, 0.1) is 18.6 Å². The zero-order chi connectivity index (χ0) is 21.5. The van der Waals surface area contributed by atoms with Crippen LogP contribution in [0.15, 0.2) is 60.6 Å². The first-order valence-electron chi connectivity index (χ1n) is 10.5.